The first-order valence-electron chi connectivity index (χ1n) is 14.7. The van der Waals surface area contributed by atoms with Gasteiger partial charge in [0.15, 0.2) is 5.78 Å². The van der Waals surface area contributed by atoms with Crippen LogP contribution in [0, 0.1) is 28.6 Å². The molecule has 11 heteroatoms. The van der Waals surface area contributed by atoms with Crippen LogP contribution in [0.4, 0.5) is 4.79 Å². The molecule has 0 spiro atoms. The van der Waals surface area contributed by atoms with E-state index in [4.69, 9.17) is 5.73 Å². The summed E-state index contributed by atoms with van der Waals surface area (Å²) >= 11 is 0. The highest BCUT2D eigenvalue weighted by Crippen LogP contribution is 2.65. The van der Waals surface area contributed by atoms with Crippen molar-refractivity contribution in [3.05, 3.63) is 48.0 Å². The smallest absolute Gasteiger partial charge is 0.316 e. The molecule has 11 nitrogen and oxygen atoms in total. The van der Waals surface area contributed by atoms with Crippen molar-refractivity contribution in [1.82, 2.24) is 20.9 Å². The zero-order valence-corrected chi connectivity index (χ0v) is 25.7. The lowest BCUT2D eigenvalue weighted by atomic mass is 9.85. The van der Waals surface area contributed by atoms with E-state index in [-0.39, 0.29) is 29.0 Å². The van der Waals surface area contributed by atoms with Crippen molar-refractivity contribution in [1.29, 1.82) is 0 Å². The second-order valence-corrected chi connectivity index (χ2v) is 13.9. The number of amides is 5. The maximum atomic E-state index is 14.1. The van der Waals surface area contributed by atoms with Crippen molar-refractivity contribution >= 4 is 35.3 Å². The fourth-order valence-electron chi connectivity index (χ4n) is 6.33. The third kappa shape index (κ3) is 6.50. The van der Waals surface area contributed by atoms with Crippen LogP contribution < -0.4 is 21.7 Å². The normalized spacial score (nSPS) is 24.0. The molecule has 1 aromatic carbocycles. The molecule has 1 heterocycles. The van der Waals surface area contributed by atoms with Gasteiger partial charge in [-0.25, -0.2) is 4.79 Å². The van der Waals surface area contributed by atoms with E-state index in [9.17, 15) is 28.8 Å². The van der Waals surface area contributed by atoms with Gasteiger partial charge in [0.05, 0.1) is 0 Å². The van der Waals surface area contributed by atoms with Crippen LogP contribution >= 0.6 is 0 Å². The Morgan fingerprint density at radius 1 is 1.00 bits per heavy atom. The number of hydrogen-bond acceptors (Lipinski definition) is 6. The number of piperidine rings is 1. The van der Waals surface area contributed by atoms with Crippen molar-refractivity contribution in [2.45, 2.75) is 78.6 Å². The van der Waals surface area contributed by atoms with Gasteiger partial charge in [-0.2, -0.15) is 0 Å². The predicted octanol–water partition coefficient (Wildman–Crippen LogP) is 1.96. The molecule has 5 amide bonds. The summed E-state index contributed by atoms with van der Waals surface area (Å²) in [6.45, 7) is 15.3. The number of nitrogens with two attached hydrogens (primary N) is 1. The lowest BCUT2D eigenvalue weighted by Crippen LogP contribution is -2.62. The molecule has 6 atom stereocenters. The van der Waals surface area contributed by atoms with Crippen LogP contribution in [0.1, 0.15) is 64.7 Å². The first kappa shape index (κ1) is 31.9. The molecule has 1 unspecified atom stereocenters. The summed E-state index contributed by atoms with van der Waals surface area (Å²) in [5, 5.41) is 8.16. The fraction of sp³-hybridized carbons (Fsp3) is 0.562. The number of rotatable bonds is 11. The maximum Gasteiger partial charge on any atom is 0.316 e. The number of likely N-dealkylation sites (tertiary alicyclic amines) is 1. The van der Waals surface area contributed by atoms with Crippen molar-refractivity contribution in [3.63, 3.8) is 0 Å². The number of ketones is 2. The number of carbonyl (C=O) groups excluding carboxylic acids is 6. The quantitative estimate of drug-likeness (QED) is 0.174. The molecule has 0 aromatic heterocycles. The molecular formula is C32H43N5O6. The molecule has 4 rings (SSSR count). The van der Waals surface area contributed by atoms with Crippen LogP contribution in [0.5, 0.6) is 0 Å². The molecule has 2 saturated carbocycles. The summed E-state index contributed by atoms with van der Waals surface area (Å²) < 4.78 is 0. The average Bonchev–Trinajstić information content (AvgIpc) is 3.80. The zero-order valence-electron chi connectivity index (χ0n) is 25.7. The number of fused-ring (bicyclic) bond motifs is 1. The number of primary amides is 1. The van der Waals surface area contributed by atoms with Crippen molar-refractivity contribution in [3.8, 4) is 0 Å². The van der Waals surface area contributed by atoms with Gasteiger partial charge in [-0.3, -0.25) is 24.0 Å². The summed E-state index contributed by atoms with van der Waals surface area (Å²) in [6.07, 6.45) is 1.38. The number of Topliss-reactive ketones (excluding diaryl/α,β-unsaturated/α-hetero) is 2. The average molecular weight is 594 g/mol. The van der Waals surface area contributed by atoms with Gasteiger partial charge in [0.2, 0.25) is 17.6 Å². The summed E-state index contributed by atoms with van der Waals surface area (Å²) in [4.78, 5) is 79.9. The maximum absolute atomic E-state index is 14.1. The van der Waals surface area contributed by atoms with Gasteiger partial charge in [0.1, 0.15) is 24.2 Å². The van der Waals surface area contributed by atoms with Gasteiger partial charge >= 0.3 is 6.03 Å². The standard InChI is InChI=1S/C32H43N5O6/c1-16(2)21(24(38)18-11-9-8-10-12-18)35-30(43)36-26(31(3,4)5)29(42)37-15-19-20(32(19,6)7)23(37)28(41)34-22(17-13-14-17)25(39)27(33)40/h8-12,17,19-23,26H,1,13-15H2,2-7H3,(H2,33,40)(H,34,41)(H2,35,36,43)/t19-,20-,21-,22?,23-,26+/m0/s1. The van der Waals surface area contributed by atoms with E-state index in [1.165, 1.54) is 4.90 Å². The fourth-order valence-corrected chi connectivity index (χ4v) is 6.33. The van der Waals surface area contributed by atoms with E-state index in [1.54, 1.807) is 58.0 Å². The molecule has 1 aliphatic heterocycles. The topological polar surface area (TPSA) is 168 Å². The highest BCUT2D eigenvalue weighted by Gasteiger charge is 2.70. The monoisotopic (exact) mass is 593 g/mol. The Bertz CT molecular complexity index is 1350. The van der Waals surface area contributed by atoms with Crippen LogP contribution in [0.3, 0.4) is 0 Å². The number of benzene rings is 1. The SMILES string of the molecule is C=C(C)[C@H](NC(=O)N[C@H](C(=O)N1C[C@H]2[C@@H]([C@H]1C(=O)NC(C(=O)C(N)=O)C1CC1)C2(C)C)C(C)(C)C)C(=O)c1ccccc1. The van der Waals surface area contributed by atoms with Gasteiger partial charge in [0.25, 0.3) is 5.91 Å². The summed E-state index contributed by atoms with van der Waals surface area (Å²) in [5.74, 6) is -3.50. The van der Waals surface area contributed by atoms with Crippen molar-refractivity contribution < 1.29 is 28.8 Å². The number of urea groups is 1. The third-order valence-electron chi connectivity index (χ3n) is 9.15. The zero-order chi connectivity index (χ0) is 32.0. The molecular weight excluding hydrogens is 550 g/mol. The molecule has 1 aromatic rings. The minimum atomic E-state index is -1.11. The van der Waals surface area contributed by atoms with Crippen LogP contribution in [-0.2, 0) is 19.2 Å². The van der Waals surface area contributed by atoms with Gasteiger partial charge < -0.3 is 26.6 Å². The molecule has 0 bridgehead atoms. The minimum Gasteiger partial charge on any atom is -0.363 e. The lowest BCUT2D eigenvalue weighted by Gasteiger charge is -2.38. The second-order valence-electron chi connectivity index (χ2n) is 13.9. The molecule has 43 heavy (non-hydrogen) atoms. The first-order chi connectivity index (χ1) is 20.0. The summed E-state index contributed by atoms with van der Waals surface area (Å²) in [7, 11) is 0. The molecule has 232 valence electrons. The Kier molecular flexibility index (Phi) is 8.59. The van der Waals surface area contributed by atoms with E-state index in [2.05, 4.69) is 22.5 Å². The van der Waals surface area contributed by atoms with Crippen LogP contribution in [-0.4, -0.2) is 70.9 Å². The Balaban J connectivity index is 1.53. The molecule has 5 N–H and O–H groups in total. The number of nitrogens with zero attached hydrogens (tertiary/aromatic N) is 1. The minimum absolute atomic E-state index is 0.0594. The predicted molar refractivity (Wildman–Crippen MR) is 159 cm³/mol. The Hall–Kier alpha value is -4.02. The van der Waals surface area contributed by atoms with Gasteiger partial charge in [0, 0.05) is 12.1 Å². The first-order valence-corrected chi connectivity index (χ1v) is 14.7. The van der Waals surface area contributed by atoms with E-state index in [0.717, 1.165) is 0 Å². The van der Waals surface area contributed by atoms with E-state index in [0.29, 0.717) is 30.5 Å². The number of hydrogen-bond donors (Lipinski definition) is 4. The number of nitrogens with one attached hydrogen (secondary N) is 3. The van der Waals surface area contributed by atoms with Gasteiger partial charge in [-0.05, 0) is 48.3 Å². The van der Waals surface area contributed by atoms with Crippen LogP contribution in [0.25, 0.3) is 0 Å². The molecule has 1 saturated heterocycles. The second kappa shape index (κ2) is 11.6. The number of carbonyl (C=O) groups is 6. The molecule has 0 radical (unpaired) electrons. The summed E-state index contributed by atoms with van der Waals surface area (Å²) in [6, 6.07) is 3.84. The van der Waals surface area contributed by atoms with Crippen molar-refractivity contribution in [2.24, 2.45) is 34.3 Å². The van der Waals surface area contributed by atoms with E-state index >= 15 is 0 Å². The Labute approximate surface area is 252 Å². The van der Waals surface area contributed by atoms with Gasteiger partial charge in [-0.1, -0.05) is 77.1 Å². The highest BCUT2D eigenvalue weighted by molar-refractivity contribution is 6.38. The summed E-state index contributed by atoms with van der Waals surface area (Å²) in [5.41, 5.74) is 5.12. The molecule has 3 fully saturated rings. The Morgan fingerprint density at radius 3 is 2.12 bits per heavy atom. The van der Waals surface area contributed by atoms with Gasteiger partial charge in [-0.15, -0.1) is 0 Å². The van der Waals surface area contributed by atoms with Crippen LogP contribution in [0.15, 0.2) is 42.5 Å². The van der Waals surface area contributed by atoms with Crippen LogP contribution in [0.2, 0.25) is 0 Å². The Morgan fingerprint density at radius 2 is 1.60 bits per heavy atom. The van der Waals surface area contributed by atoms with E-state index in [1.807, 2.05) is 13.8 Å². The largest absolute Gasteiger partial charge is 0.363 e. The highest BCUT2D eigenvalue weighted by atomic mass is 16.2. The molecule has 3 aliphatic rings. The lowest BCUT2D eigenvalue weighted by molar-refractivity contribution is -0.145. The third-order valence-corrected chi connectivity index (χ3v) is 9.15. The van der Waals surface area contributed by atoms with E-state index < -0.39 is 59.1 Å². The van der Waals surface area contributed by atoms with Crippen molar-refractivity contribution in [2.75, 3.05) is 6.54 Å². The molecule has 2 aliphatic carbocycles.